The molecule has 8 N–H and O–H groups in total. The van der Waals surface area contributed by atoms with Gasteiger partial charge in [0.25, 0.3) is 15.9 Å². The van der Waals surface area contributed by atoms with Crippen molar-refractivity contribution in [1.29, 1.82) is 0 Å². The minimum atomic E-state index is -3.88. The highest BCUT2D eigenvalue weighted by Gasteiger charge is 2.31. The van der Waals surface area contributed by atoms with Gasteiger partial charge in [0.2, 0.25) is 11.9 Å². The van der Waals surface area contributed by atoms with Crippen LogP contribution in [0.25, 0.3) is 10.9 Å². The Morgan fingerprint density at radius 2 is 1.71 bits per heavy atom. The number of rotatable bonds is 14. The number of aromatic amines is 1. The van der Waals surface area contributed by atoms with Crippen LogP contribution < -0.4 is 21.5 Å². The monoisotopic (exact) mass is 632 g/mol. The van der Waals surface area contributed by atoms with Gasteiger partial charge in [-0.1, -0.05) is 66.2 Å². The highest BCUT2D eigenvalue weighted by atomic mass is 32.2. The Hall–Kier alpha value is -4.68. The van der Waals surface area contributed by atoms with Crippen LogP contribution in [-0.4, -0.2) is 68.3 Å². The van der Waals surface area contributed by atoms with E-state index in [1.807, 2.05) is 67.7 Å². The van der Waals surface area contributed by atoms with Crippen LogP contribution >= 0.6 is 0 Å². The van der Waals surface area contributed by atoms with Crippen LogP contribution in [0.15, 0.2) is 94.9 Å². The van der Waals surface area contributed by atoms with E-state index in [2.05, 4.69) is 25.7 Å². The Morgan fingerprint density at radius 3 is 2.44 bits per heavy atom. The summed E-state index contributed by atoms with van der Waals surface area (Å²) in [6.07, 6.45) is 3.68. The Morgan fingerprint density at radius 1 is 1.02 bits per heavy atom. The number of hydrogen-bond acceptors (Lipinski definition) is 5. The highest BCUT2D eigenvalue weighted by Crippen LogP contribution is 2.18. The van der Waals surface area contributed by atoms with Gasteiger partial charge in [-0.2, -0.15) is 0 Å². The quantitative estimate of drug-likeness (QED) is 0.0809. The molecule has 0 aliphatic heterocycles. The smallest absolute Gasteiger partial charge is 0.281 e. The zero-order valence-electron chi connectivity index (χ0n) is 25.7. The zero-order chi connectivity index (χ0) is 32.4. The average Bonchev–Trinajstić information content (AvgIpc) is 3.43. The maximum atomic E-state index is 13.5. The molecule has 2 atom stereocenters. The summed E-state index contributed by atoms with van der Waals surface area (Å²) < 4.78 is 27.5. The molecule has 45 heavy (non-hydrogen) atoms. The number of quaternary nitrogens is 1. The number of nitrogens with zero attached hydrogens (tertiary/aromatic N) is 2. The number of aromatic nitrogens is 1. The Balaban J connectivity index is 1.38. The van der Waals surface area contributed by atoms with E-state index in [0.29, 0.717) is 32.2 Å². The van der Waals surface area contributed by atoms with Gasteiger partial charge in [0.05, 0.1) is 4.90 Å². The van der Waals surface area contributed by atoms with Crippen molar-refractivity contribution >= 4 is 38.7 Å². The summed E-state index contributed by atoms with van der Waals surface area (Å²) in [6, 6.07) is 22.6. The van der Waals surface area contributed by atoms with Crippen molar-refractivity contribution in [3.63, 3.8) is 0 Å². The molecule has 0 spiro atoms. The topological polar surface area (TPSA) is 177 Å². The number of fused-ring (bicyclic) bond motifs is 1. The lowest BCUT2D eigenvalue weighted by molar-refractivity contribution is -0.405. The van der Waals surface area contributed by atoms with Crippen LogP contribution in [0.4, 0.5) is 0 Å². The van der Waals surface area contributed by atoms with E-state index < -0.39 is 22.1 Å². The first-order chi connectivity index (χ1) is 21.5. The van der Waals surface area contributed by atoms with Gasteiger partial charge >= 0.3 is 0 Å². The van der Waals surface area contributed by atoms with Crippen LogP contribution in [-0.2, 0) is 32.5 Å². The second-order valence-electron chi connectivity index (χ2n) is 11.1. The van der Waals surface area contributed by atoms with E-state index in [1.165, 1.54) is 17.0 Å². The molecule has 1 aromatic heterocycles. The first-order valence-electron chi connectivity index (χ1n) is 14.9. The number of benzene rings is 3. The number of aryl methyl sites for hydroxylation is 1. The van der Waals surface area contributed by atoms with Crippen molar-refractivity contribution in [1.82, 2.24) is 19.9 Å². The summed E-state index contributed by atoms with van der Waals surface area (Å²) in [5.74, 6) is -0.778. The van der Waals surface area contributed by atoms with Crippen LogP contribution in [0.5, 0.6) is 0 Å². The number of guanidine groups is 1. The summed E-state index contributed by atoms with van der Waals surface area (Å²) >= 11 is 0. The molecule has 4 aromatic rings. The molecular weight excluding hydrogens is 590 g/mol. The van der Waals surface area contributed by atoms with E-state index in [9.17, 15) is 18.0 Å². The summed E-state index contributed by atoms with van der Waals surface area (Å²) in [4.78, 5) is 35.8. The van der Waals surface area contributed by atoms with E-state index in [1.54, 1.807) is 19.2 Å². The number of carbonyl (C=O) groups is 2. The fraction of sp³-hybridized carbons (Fsp3) is 0.303. The van der Waals surface area contributed by atoms with Crippen LogP contribution in [0.3, 0.4) is 0 Å². The Bertz CT molecular complexity index is 1720. The normalized spacial score (nSPS) is 13.3. The van der Waals surface area contributed by atoms with Crippen molar-refractivity contribution in [3.8, 4) is 0 Å². The summed E-state index contributed by atoms with van der Waals surface area (Å²) in [5.41, 5.74) is 14.0. The van der Waals surface area contributed by atoms with Crippen molar-refractivity contribution < 1.29 is 23.7 Å². The van der Waals surface area contributed by atoms with E-state index in [-0.39, 0.29) is 29.2 Å². The molecule has 11 nitrogen and oxygen atoms in total. The number of likely N-dealkylation sites (N-methyl/N-ethyl adjacent to an activating group) is 1. The first-order valence-corrected chi connectivity index (χ1v) is 16.4. The Labute approximate surface area is 264 Å². The predicted octanol–water partition coefficient (Wildman–Crippen LogP) is 1.89. The minimum Gasteiger partial charge on any atom is -0.369 e. The number of sulfonamides is 1. The standard InChI is InChI=1S/C33H41N7O4S/c1-23-14-16-26(17-15-23)45(43,44)39-33(35)37-19-8-13-30(40(2)32(42)28(34)21-24-9-4-3-5-10-24)31(41)36-20-18-25-22-38-29-12-7-6-11-27(25)29/h3-7,9-12,14-17,22,28,30,38H,8,13,18-21,34H2,1-2H3,(H,36,41)(H3,35,37,39)/p+1/t28-,30+/m1/s1. The molecule has 0 unspecified atom stereocenters. The third-order valence-electron chi connectivity index (χ3n) is 7.65. The molecule has 0 saturated carbocycles. The third kappa shape index (κ3) is 9.16. The van der Waals surface area contributed by atoms with Gasteiger partial charge in [-0.15, -0.1) is 0 Å². The number of H-pyrrole nitrogens is 1. The zero-order valence-corrected chi connectivity index (χ0v) is 26.5. The van der Waals surface area contributed by atoms with Crippen LogP contribution in [0, 0.1) is 6.92 Å². The maximum absolute atomic E-state index is 13.5. The van der Waals surface area contributed by atoms with Gasteiger partial charge in [0.15, 0.2) is 6.04 Å². The molecule has 238 valence electrons. The number of nitrogens with one attached hydrogen (secondary N) is 3. The SMILES string of the molecule is Cc1ccc(S(=O)(=O)NC(N)=NCCC[C@@H](C(=O)NCCc2c[nH]c3ccccc23)N(C)C(=O)[C@H]([NH3+])Cc2ccccc2)cc1. The molecule has 2 amide bonds. The number of para-hydroxylation sites is 1. The molecule has 0 saturated heterocycles. The second-order valence-corrected chi connectivity index (χ2v) is 12.8. The lowest BCUT2D eigenvalue weighted by Crippen LogP contribution is -2.69. The van der Waals surface area contributed by atoms with Crippen LogP contribution in [0.2, 0.25) is 0 Å². The molecule has 12 heteroatoms. The maximum Gasteiger partial charge on any atom is 0.281 e. The lowest BCUT2D eigenvalue weighted by Gasteiger charge is -2.28. The molecule has 0 aliphatic carbocycles. The van der Waals surface area contributed by atoms with Gasteiger partial charge in [-0.3, -0.25) is 14.6 Å². The van der Waals surface area contributed by atoms with Crippen LogP contribution in [0.1, 0.15) is 29.5 Å². The molecule has 1 heterocycles. The second kappa shape index (κ2) is 15.4. The van der Waals surface area contributed by atoms with Gasteiger partial charge in [0.1, 0.15) is 6.04 Å². The number of nitrogens with two attached hydrogens (primary N) is 1. The number of amides is 2. The summed E-state index contributed by atoms with van der Waals surface area (Å²) in [7, 11) is -2.26. The molecule has 3 aromatic carbocycles. The fourth-order valence-corrected chi connectivity index (χ4v) is 6.09. The van der Waals surface area contributed by atoms with Gasteiger partial charge in [0, 0.05) is 43.7 Å². The molecule has 0 fully saturated rings. The molecule has 0 radical (unpaired) electrons. The molecule has 0 bridgehead atoms. The van der Waals surface area contributed by atoms with Crippen molar-refractivity contribution in [3.05, 3.63) is 102 Å². The average molecular weight is 633 g/mol. The summed E-state index contributed by atoms with van der Waals surface area (Å²) in [6.45, 7) is 2.41. The summed E-state index contributed by atoms with van der Waals surface area (Å²) in [5, 5.41) is 4.10. The number of hydrogen-bond donors (Lipinski definition) is 5. The molecular formula is C33H42N7O4S+. The minimum absolute atomic E-state index is 0.0778. The highest BCUT2D eigenvalue weighted by molar-refractivity contribution is 7.90. The lowest BCUT2D eigenvalue weighted by atomic mass is 10.0. The van der Waals surface area contributed by atoms with E-state index in [0.717, 1.165) is 27.6 Å². The van der Waals surface area contributed by atoms with E-state index in [4.69, 9.17) is 5.73 Å². The van der Waals surface area contributed by atoms with Gasteiger partial charge in [-0.05, 0) is 55.5 Å². The largest absolute Gasteiger partial charge is 0.369 e. The fourth-order valence-electron chi connectivity index (χ4n) is 5.14. The Kier molecular flexibility index (Phi) is 11.3. The number of carbonyl (C=O) groups excluding carboxylic acids is 2. The molecule has 4 rings (SSSR count). The van der Waals surface area contributed by atoms with Crippen molar-refractivity contribution in [2.24, 2.45) is 10.7 Å². The first kappa shape index (κ1) is 33.2. The van der Waals surface area contributed by atoms with E-state index >= 15 is 0 Å². The predicted molar refractivity (Wildman–Crippen MR) is 176 cm³/mol. The van der Waals surface area contributed by atoms with Gasteiger partial charge < -0.3 is 26.7 Å². The third-order valence-corrected chi connectivity index (χ3v) is 9.02. The number of aliphatic imine (C=N–C) groups is 1. The molecule has 0 aliphatic rings. The van der Waals surface area contributed by atoms with Crippen molar-refractivity contribution in [2.75, 3.05) is 20.1 Å². The van der Waals surface area contributed by atoms with Crippen molar-refractivity contribution in [2.45, 2.75) is 49.6 Å². The van der Waals surface area contributed by atoms with Gasteiger partial charge in [-0.25, -0.2) is 13.1 Å².